The van der Waals surface area contributed by atoms with Gasteiger partial charge in [0.05, 0.1) is 5.69 Å². The third kappa shape index (κ3) is 3.42. The van der Waals surface area contributed by atoms with Gasteiger partial charge in [-0.2, -0.15) is 0 Å². The maximum absolute atomic E-state index is 12.1. The third-order valence-corrected chi connectivity index (χ3v) is 3.36. The van der Waals surface area contributed by atoms with Crippen molar-refractivity contribution >= 4 is 17.3 Å². The molecule has 0 aliphatic rings. The predicted octanol–water partition coefficient (Wildman–Crippen LogP) is 3.39. The zero-order valence-electron chi connectivity index (χ0n) is 12.9. The van der Waals surface area contributed by atoms with Crippen LogP contribution in [-0.2, 0) is 0 Å². The predicted molar refractivity (Wildman–Crippen MR) is 83.9 cm³/mol. The summed E-state index contributed by atoms with van der Waals surface area (Å²) in [6, 6.07) is 7.79. The van der Waals surface area contributed by atoms with Gasteiger partial charge in [-0.15, -0.1) is 0 Å². The van der Waals surface area contributed by atoms with Crippen molar-refractivity contribution in [3.05, 3.63) is 41.6 Å². The Morgan fingerprint density at radius 3 is 2.29 bits per heavy atom. The van der Waals surface area contributed by atoms with E-state index in [2.05, 4.69) is 29.0 Å². The second kappa shape index (κ2) is 6.43. The number of carbonyl (C=O) groups is 1. The Bertz CT molecular complexity index is 613. The number of anilines is 2. The molecule has 0 aliphatic heterocycles. The van der Waals surface area contributed by atoms with Crippen molar-refractivity contribution in [1.82, 2.24) is 4.98 Å². The molecular weight excluding hydrogens is 266 g/mol. The molecule has 0 bridgehead atoms. The Hall–Kier alpha value is -2.30. The number of amides is 1. The van der Waals surface area contributed by atoms with E-state index in [4.69, 9.17) is 4.42 Å². The molecule has 112 valence electrons. The van der Waals surface area contributed by atoms with Crippen molar-refractivity contribution in [2.75, 3.05) is 23.3 Å². The lowest BCUT2D eigenvalue weighted by molar-refractivity contribution is 0.0994. The van der Waals surface area contributed by atoms with Crippen LogP contribution in [0.5, 0.6) is 0 Å². The summed E-state index contributed by atoms with van der Waals surface area (Å²) < 4.78 is 5.31. The molecule has 1 amide bonds. The largest absolute Gasteiger partial charge is 0.436 e. The van der Waals surface area contributed by atoms with Crippen LogP contribution in [0.4, 0.5) is 11.4 Å². The molecular formula is C16H21N3O2. The molecule has 2 aromatic rings. The molecule has 0 aliphatic carbocycles. The second-order valence-corrected chi connectivity index (χ2v) is 4.82. The Morgan fingerprint density at radius 1 is 1.19 bits per heavy atom. The molecule has 0 atom stereocenters. The number of hydrogen-bond acceptors (Lipinski definition) is 4. The van der Waals surface area contributed by atoms with Gasteiger partial charge in [-0.1, -0.05) is 0 Å². The standard InChI is InChI=1S/C16H21N3O2/c1-5-19(6-2)14-9-7-13(8-10-14)18-16(20)15-11(3)17-12(4)21-15/h7-10H,5-6H2,1-4H3,(H,18,20). The van der Waals surface area contributed by atoms with Crippen molar-refractivity contribution in [2.24, 2.45) is 0 Å². The van der Waals surface area contributed by atoms with E-state index in [0.717, 1.165) is 24.5 Å². The molecule has 1 N–H and O–H groups in total. The van der Waals surface area contributed by atoms with Gasteiger partial charge in [0.25, 0.3) is 5.91 Å². The summed E-state index contributed by atoms with van der Waals surface area (Å²) in [4.78, 5) is 18.5. The van der Waals surface area contributed by atoms with E-state index >= 15 is 0 Å². The van der Waals surface area contributed by atoms with E-state index in [-0.39, 0.29) is 11.7 Å². The van der Waals surface area contributed by atoms with Gasteiger partial charge in [0, 0.05) is 31.4 Å². The van der Waals surface area contributed by atoms with Gasteiger partial charge < -0.3 is 14.6 Å². The quantitative estimate of drug-likeness (QED) is 0.915. The highest BCUT2D eigenvalue weighted by molar-refractivity contribution is 6.03. The first-order chi connectivity index (χ1) is 10.0. The molecule has 5 nitrogen and oxygen atoms in total. The van der Waals surface area contributed by atoms with Gasteiger partial charge in [0.1, 0.15) is 0 Å². The van der Waals surface area contributed by atoms with Crippen LogP contribution in [0.2, 0.25) is 0 Å². The maximum Gasteiger partial charge on any atom is 0.293 e. The van der Waals surface area contributed by atoms with E-state index in [1.807, 2.05) is 24.3 Å². The van der Waals surface area contributed by atoms with Gasteiger partial charge in [-0.05, 0) is 45.0 Å². The molecule has 5 heteroatoms. The van der Waals surface area contributed by atoms with E-state index in [9.17, 15) is 4.79 Å². The van der Waals surface area contributed by atoms with Crippen molar-refractivity contribution < 1.29 is 9.21 Å². The molecule has 0 unspecified atom stereocenters. The van der Waals surface area contributed by atoms with Crippen molar-refractivity contribution in [3.63, 3.8) is 0 Å². The van der Waals surface area contributed by atoms with Gasteiger partial charge in [-0.3, -0.25) is 4.79 Å². The van der Waals surface area contributed by atoms with Crippen LogP contribution in [0, 0.1) is 13.8 Å². The summed E-state index contributed by atoms with van der Waals surface area (Å²) in [6.45, 7) is 9.64. The maximum atomic E-state index is 12.1. The normalized spacial score (nSPS) is 10.5. The average molecular weight is 287 g/mol. The molecule has 1 aromatic heterocycles. The lowest BCUT2D eigenvalue weighted by Crippen LogP contribution is -2.21. The summed E-state index contributed by atoms with van der Waals surface area (Å²) in [6.07, 6.45) is 0. The number of aryl methyl sites for hydroxylation is 2. The van der Waals surface area contributed by atoms with Gasteiger partial charge in [-0.25, -0.2) is 4.98 Å². The van der Waals surface area contributed by atoms with Crippen LogP contribution in [0.25, 0.3) is 0 Å². The van der Waals surface area contributed by atoms with Crippen LogP contribution >= 0.6 is 0 Å². The number of rotatable bonds is 5. The first-order valence-corrected chi connectivity index (χ1v) is 7.15. The van der Waals surface area contributed by atoms with Crippen molar-refractivity contribution in [2.45, 2.75) is 27.7 Å². The first-order valence-electron chi connectivity index (χ1n) is 7.15. The molecule has 0 saturated heterocycles. The SMILES string of the molecule is CCN(CC)c1ccc(NC(=O)c2oc(C)nc2C)cc1. The van der Waals surface area contributed by atoms with Gasteiger partial charge >= 0.3 is 0 Å². The topological polar surface area (TPSA) is 58.4 Å². The van der Waals surface area contributed by atoms with Crippen LogP contribution < -0.4 is 10.2 Å². The van der Waals surface area contributed by atoms with Crippen LogP contribution in [0.15, 0.2) is 28.7 Å². The number of hydrogen-bond donors (Lipinski definition) is 1. The fourth-order valence-corrected chi connectivity index (χ4v) is 2.27. The Balaban J connectivity index is 2.10. The van der Waals surface area contributed by atoms with Crippen LogP contribution in [0.3, 0.4) is 0 Å². The zero-order valence-corrected chi connectivity index (χ0v) is 12.9. The summed E-state index contributed by atoms with van der Waals surface area (Å²) in [5.74, 6) is 0.485. The summed E-state index contributed by atoms with van der Waals surface area (Å²) in [5, 5.41) is 2.82. The summed E-state index contributed by atoms with van der Waals surface area (Å²) in [7, 11) is 0. The van der Waals surface area contributed by atoms with Gasteiger partial charge in [0.15, 0.2) is 5.89 Å². The minimum absolute atomic E-state index is 0.264. The fourth-order valence-electron chi connectivity index (χ4n) is 2.27. The summed E-state index contributed by atoms with van der Waals surface area (Å²) in [5.41, 5.74) is 2.49. The molecule has 0 saturated carbocycles. The Kier molecular flexibility index (Phi) is 4.62. The number of carbonyl (C=O) groups excluding carboxylic acids is 1. The molecule has 0 spiro atoms. The Labute approximate surface area is 125 Å². The Morgan fingerprint density at radius 2 is 1.81 bits per heavy atom. The summed E-state index contributed by atoms with van der Waals surface area (Å²) >= 11 is 0. The molecule has 1 heterocycles. The highest BCUT2D eigenvalue weighted by Crippen LogP contribution is 2.19. The second-order valence-electron chi connectivity index (χ2n) is 4.82. The van der Waals surface area contributed by atoms with E-state index < -0.39 is 0 Å². The number of aromatic nitrogens is 1. The molecule has 0 radical (unpaired) electrons. The lowest BCUT2D eigenvalue weighted by Gasteiger charge is -2.21. The highest BCUT2D eigenvalue weighted by Gasteiger charge is 2.16. The number of oxazole rings is 1. The molecule has 0 fully saturated rings. The van der Waals surface area contributed by atoms with E-state index in [0.29, 0.717) is 11.6 Å². The fraction of sp³-hybridized carbons (Fsp3) is 0.375. The smallest absolute Gasteiger partial charge is 0.293 e. The highest BCUT2D eigenvalue weighted by atomic mass is 16.4. The van der Waals surface area contributed by atoms with E-state index in [1.54, 1.807) is 13.8 Å². The van der Waals surface area contributed by atoms with Crippen molar-refractivity contribution in [1.29, 1.82) is 0 Å². The minimum Gasteiger partial charge on any atom is -0.436 e. The van der Waals surface area contributed by atoms with Crippen LogP contribution in [-0.4, -0.2) is 24.0 Å². The first kappa shape index (κ1) is 15.1. The number of benzene rings is 1. The molecule has 21 heavy (non-hydrogen) atoms. The number of nitrogens with zero attached hydrogens (tertiary/aromatic N) is 2. The number of nitrogens with one attached hydrogen (secondary N) is 1. The molecule has 2 rings (SSSR count). The lowest BCUT2D eigenvalue weighted by atomic mass is 10.2. The van der Waals surface area contributed by atoms with Gasteiger partial charge in [0.2, 0.25) is 5.76 Å². The monoisotopic (exact) mass is 287 g/mol. The third-order valence-electron chi connectivity index (χ3n) is 3.36. The average Bonchev–Trinajstić information content (AvgIpc) is 2.81. The van der Waals surface area contributed by atoms with E-state index in [1.165, 1.54) is 0 Å². The zero-order chi connectivity index (χ0) is 15.4. The van der Waals surface area contributed by atoms with Crippen LogP contribution in [0.1, 0.15) is 36.0 Å². The molecule has 1 aromatic carbocycles. The minimum atomic E-state index is -0.274. The van der Waals surface area contributed by atoms with Crippen molar-refractivity contribution in [3.8, 4) is 0 Å².